The van der Waals surface area contributed by atoms with Crippen molar-refractivity contribution < 1.29 is 0 Å². The molecular weight excluding hydrogens is 589 g/mol. The molecule has 1 aliphatic carbocycles. The molecule has 10 rings (SSSR count). The fourth-order valence-corrected chi connectivity index (χ4v) is 8.74. The number of benzene rings is 9. The van der Waals surface area contributed by atoms with Gasteiger partial charge in [-0.3, -0.25) is 0 Å². The molecule has 0 radical (unpaired) electrons. The maximum absolute atomic E-state index is 2.46. The van der Waals surface area contributed by atoms with E-state index in [0.717, 1.165) is 0 Å². The average molecular weight is 623 g/mol. The Labute approximate surface area is 286 Å². The van der Waals surface area contributed by atoms with Crippen molar-refractivity contribution >= 4 is 43.1 Å². The van der Waals surface area contributed by atoms with Gasteiger partial charge in [-0.2, -0.15) is 0 Å². The van der Waals surface area contributed by atoms with Crippen molar-refractivity contribution in [2.45, 2.75) is 19.3 Å². The quantitative estimate of drug-likeness (QED) is 0.172. The number of rotatable bonds is 3. The fourth-order valence-electron chi connectivity index (χ4n) is 8.74. The van der Waals surface area contributed by atoms with Gasteiger partial charge in [0.15, 0.2) is 0 Å². The smallest absolute Gasteiger partial charge is 0.0159 e. The van der Waals surface area contributed by atoms with E-state index < -0.39 is 0 Å². The molecule has 0 saturated carbocycles. The van der Waals surface area contributed by atoms with Gasteiger partial charge in [0.1, 0.15) is 0 Å². The van der Waals surface area contributed by atoms with Gasteiger partial charge in [-0.1, -0.05) is 166 Å². The van der Waals surface area contributed by atoms with Crippen molar-refractivity contribution in [2.75, 3.05) is 0 Å². The van der Waals surface area contributed by atoms with Crippen LogP contribution >= 0.6 is 0 Å². The Kier molecular flexibility index (Phi) is 6.02. The molecule has 49 heavy (non-hydrogen) atoms. The van der Waals surface area contributed by atoms with E-state index in [-0.39, 0.29) is 5.41 Å². The maximum Gasteiger partial charge on any atom is 0.0159 e. The predicted octanol–water partition coefficient (Wildman–Crippen LogP) is 13.6. The molecule has 0 heterocycles. The second-order valence-electron chi connectivity index (χ2n) is 14.0. The van der Waals surface area contributed by atoms with Gasteiger partial charge in [0.25, 0.3) is 0 Å². The van der Waals surface area contributed by atoms with Gasteiger partial charge in [-0.25, -0.2) is 0 Å². The molecule has 1 aliphatic rings. The standard InChI is InChI=1S/C49H34/c1-49(2)45-25-12-11-19-37(45)38-27-26-33(30-46(38)49)44-29-34(28-32-15-4-6-18-36(32)44)47-40-20-7-9-22-42(40)48(43-23-10-8-21-41(43)47)39-24-13-16-31-14-3-5-17-35(31)39/h3-30H,1-2H3. The van der Waals surface area contributed by atoms with Crippen LogP contribution in [0.3, 0.4) is 0 Å². The van der Waals surface area contributed by atoms with Crippen molar-refractivity contribution in [1.82, 2.24) is 0 Å². The zero-order chi connectivity index (χ0) is 32.7. The maximum atomic E-state index is 2.46. The lowest BCUT2D eigenvalue weighted by Gasteiger charge is -2.22. The van der Waals surface area contributed by atoms with E-state index in [0.29, 0.717) is 0 Å². The molecule has 9 aromatic rings. The highest BCUT2D eigenvalue weighted by atomic mass is 14.4. The van der Waals surface area contributed by atoms with Gasteiger partial charge in [-0.15, -0.1) is 0 Å². The first kappa shape index (κ1) is 28.1. The zero-order valence-corrected chi connectivity index (χ0v) is 27.7. The summed E-state index contributed by atoms with van der Waals surface area (Å²) in [6, 6.07) is 63.2. The average Bonchev–Trinajstić information content (AvgIpc) is 3.38. The molecular formula is C49H34. The van der Waals surface area contributed by atoms with Gasteiger partial charge in [0, 0.05) is 5.41 Å². The van der Waals surface area contributed by atoms with Crippen LogP contribution in [0.15, 0.2) is 170 Å². The summed E-state index contributed by atoms with van der Waals surface area (Å²) >= 11 is 0. The molecule has 0 spiro atoms. The minimum absolute atomic E-state index is 0.0564. The van der Waals surface area contributed by atoms with Gasteiger partial charge in [0.05, 0.1) is 0 Å². The molecule has 0 bridgehead atoms. The van der Waals surface area contributed by atoms with Crippen LogP contribution in [0.1, 0.15) is 25.0 Å². The lowest BCUT2D eigenvalue weighted by Crippen LogP contribution is -2.14. The van der Waals surface area contributed by atoms with Crippen LogP contribution in [0.2, 0.25) is 0 Å². The van der Waals surface area contributed by atoms with E-state index in [9.17, 15) is 0 Å². The van der Waals surface area contributed by atoms with Gasteiger partial charge in [0.2, 0.25) is 0 Å². The minimum atomic E-state index is -0.0564. The summed E-state index contributed by atoms with van der Waals surface area (Å²) in [6.07, 6.45) is 0. The summed E-state index contributed by atoms with van der Waals surface area (Å²) in [7, 11) is 0. The zero-order valence-electron chi connectivity index (χ0n) is 27.7. The van der Waals surface area contributed by atoms with Crippen molar-refractivity contribution in [2.24, 2.45) is 0 Å². The third-order valence-electron chi connectivity index (χ3n) is 11.0. The second kappa shape index (κ2) is 10.5. The summed E-state index contributed by atoms with van der Waals surface area (Å²) in [6.45, 7) is 4.73. The Morgan fingerprint density at radius 2 is 0.816 bits per heavy atom. The van der Waals surface area contributed by atoms with Crippen LogP contribution in [0.4, 0.5) is 0 Å². The van der Waals surface area contributed by atoms with Crippen LogP contribution in [-0.4, -0.2) is 0 Å². The van der Waals surface area contributed by atoms with Crippen LogP contribution in [-0.2, 0) is 5.41 Å². The lowest BCUT2D eigenvalue weighted by atomic mass is 9.81. The van der Waals surface area contributed by atoms with E-state index in [1.165, 1.54) is 98.7 Å². The Hall–Kier alpha value is -5.98. The molecule has 0 unspecified atom stereocenters. The van der Waals surface area contributed by atoms with E-state index in [2.05, 4.69) is 184 Å². The number of hydrogen-bond donors (Lipinski definition) is 0. The van der Waals surface area contributed by atoms with E-state index in [4.69, 9.17) is 0 Å². The first-order valence-electron chi connectivity index (χ1n) is 17.3. The monoisotopic (exact) mass is 622 g/mol. The largest absolute Gasteiger partial charge is 0.0619 e. The normalized spacial score (nSPS) is 13.3. The Bertz CT molecular complexity index is 2730. The highest BCUT2D eigenvalue weighted by molar-refractivity contribution is 6.24. The molecule has 0 amide bonds. The van der Waals surface area contributed by atoms with Gasteiger partial charge in [-0.05, 0) is 117 Å². The summed E-state index contributed by atoms with van der Waals surface area (Å²) in [5.74, 6) is 0. The molecule has 0 nitrogen and oxygen atoms in total. The van der Waals surface area contributed by atoms with Crippen LogP contribution in [0.5, 0.6) is 0 Å². The van der Waals surface area contributed by atoms with Gasteiger partial charge < -0.3 is 0 Å². The van der Waals surface area contributed by atoms with Crippen molar-refractivity contribution in [3.05, 3.63) is 181 Å². The summed E-state index contributed by atoms with van der Waals surface area (Å²) in [5.41, 5.74) is 13.1. The third kappa shape index (κ3) is 4.11. The molecule has 0 N–H and O–H groups in total. The molecule has 0 atom stereocenters. The molecule has 0 aromatic heterocycles. The molecule has 9 aromatic carbocycles. The summed E-state index contributed by atoms with van der Waals surface area (Å²) in [5, 5.41) is 10.2. The molecule has 230 valence electrons. The Morgan fingerprint density at radius 1 is 0.306 bits per heavy atom. The summed E-state index contributed by atoms with van der Waals surface area (Å²) < 4.78 is 0. The number of hydrogen-bond acceptors (Lipinski definition) is 0. The topological polar surface area (TPSA) is 0 Å². The highest BCUT2D eigenvalue weighted by Gasteiger charge is 2.35. The van der Waals surface area contributed by atoms with Crippen molar-refractivity contribution in [3.63, 3.8) is 0 Å². The highest BCUT2D eigenvalue weighted by Crippen LogP contribution is 2.51. The summed E-state index contributed by atoms with van der Waals surface area (Å²) in [4.78, 5) is 0. The van der Waals surface area contributed by atoms with Crippen LogP contribution in [0.25, 0.3) is 87.6 Å². The predicted molar refractivity (Wildman–Crippen MR) is 210 cm³/mol. The first-order valence-corrected chi connectivity index (χ1v) is 17.3. The van der Waals surface area contributed by atoms with Crippen molar-refractivity contribution in [3.8, 4) is 44.5 Å². The molecule has 0 aliphatic heterocycles. The SMILES string of the molecule is CC1(C)c2ccccc2-c2ccc(-c3cc(-c4c5ccccc5c(-c5cccc6ccccc56)c5ccccc45)cc4ccccc34)cc21. The van der Waals surface area contributed by atoms with Crippen LogP contribution < -0.4 is 0 Å². The third-order valence-corrected chi connectivity index (χ3v) is 11.0. The first-order chi connectivity index (χ1) is 24.1. The van der Waals surface area contributed by atoms with Crippen molar-refractivity contribution in [1.29, 1.82) is 0 Å². The molecule has 0 heteroatoms. The fraction of sp³-hybridized carbons (Fsp3) is 0.0612. The van der Waals surface area contributed by atoms with Gasteiger partial charge >= 0.3 is 0 Å². The van der Waals surface area contributed by atoms with E-state index in [1.807, 2.05) is 0 Å². The lowest BCUT2D eigenvalue weighted by molar-refractivity contribution is 0.660. The second-order valence-corrected chi connectivity index (χ2v) is 14.0. The molecule has 0 saturated heterocycles. The van der Waals surface area contributed by atoms with E-state index >= 15 is 0 Å². The Morgan fingerprint density at radius 3 is 1.53 bits per heavy atom. The molecule has 0 fully saturated rings. The number of fused-ring (bicyclic) bond motifs is 7. The van der Waals surface area contributed by atoms with Crippen LogP contribution in [0, 0.1) is 0 Å². The Balaban J connectivity index is 1.27. The van der Waals surface area contributed by atoms with E-state index in [1.54, 1.807) is 0 Å². The minimum Gasteiger partial charge on any atom is -0.0619 e.